The van der Waals surface area contributed by atoms with Crippen LogP contribution in [0, 0.1) is 0 Å². The monoisotopic (exact) mass is 190 g/mol. The van der Waals surface area contributed by atoms with Gasteiger partial charge in [0, 0.05) is 32.9 Å². The standard InChI is InChI=1S/C13H20N/c1-13(2,3)14-9-7-12(8-10-14)11-5-4-6-11/h7-11H,4-6H2,1-3H3/q+1. The molecule has 1 heteroatoms. The molecule has 0 N–H and O–H groups in total. The molecule has 0 atom stereocenters. The van der Waals surface area contributed by atoms with E-state index in [-0.39, 0.29) is 5.54 Å². The predicted octanol–water partition coefficient (Wildman–Crippen LogP) is 3.00. The lowest BCUT2D eigenvalue weighted by Crippen LogP contribution is -2.49. The van der Waals surface area contributed by atoms with Crippen LogP contribution in [0.4, 0.5) is 0 Å². The fraction of sp³-hybridized carbons (Fsp3) is 0.615. The fourth-order valence-corrected chi connectivity index (χ4v) is 1.90. The molecule has 1 fully saturated rings. The van der Waals surface area contributed by atoms with Crippen molar-refractivity contribution < 1.29 is 4.57 Å². The Balaban J connectivity index is 2.17. The summed E-state index contributed by atoms with van der Waals surface area (Å²) < 4.78 is 2.27. The fourth-order valence-electron chi connectivity index (χ4n) is 1.90. The average Bonchev–Trinajstić information content (AvgIpc) is 2.00. The molecule has 1 aliphatic carbocycles. The van der Waals surface area contributed by atoms with Gasteiger partial charge >= 0.3 is 0 Å². The summed E-state index contributed by atoms with van der Waals surface area (Å²) >= 11 is 0. The van der Waals surface area contributed by atoms with Gasteiger partial charge < -0.3 is 0 Å². The van der Waals surface area contributed by atoms with E-state index >= 15 is 0 Å². The zero-order valence-electron chi connectivity index (χ0n) is 9.46. The largest absolute Gasteiger partial charge is 0.201 e. The van der Waals surface area contributed by atoms with Gasteiger partial charge in [0.05, 0.1) is 0 Å². The van der Waals surface area contributed by atoms with Crippen molar-refractivity contribution in [2.75, 3.05) is 0 Å². The van der Waals surface area contributed by atoms with E-state index in [0.29, 0.717) is 0 Å². The van der Waals surface area contributed by atoms with Crippen LogP contribution in [0.1, 0.15) is 51.5 Å². The minimum Gasteiger partial charge on any atom is -0.201 e. The Morgan fingerprint density at radius 1 is 1.14 bits per heavy atom. The van der Waals surface area contributed by atoms with E-state index in [0.717, 1.165) is 5.92 Å². The van der Waals surface area contributed by atoms with Gasteiger partial charge in [0.1, 0.15) is 0 Å². The number of aromatic nitrogens is 1. The highest BCUT2D eigenvalue weighted by Crippen LogP contribution is 2.35. The molecule has 1 aromatic rings. The predicted molar refractivity (Wildman–Crippen MR) is 58.2 cm³/mol. The molecule has 1 saturated carbocycles. The summed E-state index contributed by atoms with van der Waals surface area (Å²) in [5.41, 5.74) is 1.73. The lowest BCUT2D eigenvalue weighted by Gasteiger charge is -2.25. The first-order valence-corrected chi connectivity index (χ1v) is 5.59. The van der Waals surface area contributed by atoms with Crippen LogP contribution in [0.5, 0.6) is 0 Å². The van der Waals surface area contributed by atoms with Crippen molar-refractivity contribution in [3.05, 3.63) is 30.1 Å². The molecule has 1 heterocycles. The molecule has 14 heavy (non-hydrogen) atoms. The van der Waals surface area contributed by atoms with E-state index in [9.17, 15) is 0 Å². The van der Waals surface area contributed by atoms with Gasteiger partial charge in [-0.15, -0.1) is 0 Å². The minimum atomic E-state index is 0.206. The third-order valence-corrected chi connectivity index (χ3v) is 3.21. The Labute approximate surface area is 86.8 Å². The topological polar surface area (TPSA) is 3.88 Å². The summed E-state index contributed by atoms with van der Waals surface area (Å²) in [6.07, 6.45) is 8.62. The van der Waals surface area contributed by atoms with Crippen molar-refractivity contribution >= 4 is 0 Å². The molecule has 1 nitrogen and oxygen atoms in total. The molecule has 0 amide bonds. The minimum absolute atomic E-state index is 0.206. The van der Waals surface area contributed by atoms with Gasteiger partial charge in [-0.25, -0.2) is 4.57 Å². The van der Waals surface area contributed by atoms with Gasteiger partial charge in [-0.2, -0.15) is 0 Å². The maximum Gasteiger partial charge on any atom is 0.169 e. The van der Waals surface area contributed by atoms with E-state index in [1.807, 2.05) is 0 Å². The van der Waals surface area contributed by atoms with Crippen LogP contribution in [0.15, 0.2) is 24.5 Å². The number of nitrogens with zero attached hydrogens (tertiary/aromatic N) is 1. The first-order valence-electron chi connectivity index (χ1n) is 5.59. The Hall–Kier alpha value is -0.850. The van der Waals surface area contributed by atoms with Crippen molar-refractivity contribution in [3.8, 4) is 0 Å². The second-order valence-corrected chi connectivity index (χ2v) is 5.34. The van der Waals surface area contributed by atoms with Crippen LogP contribution in [-0.2, 0) is 5.54 Å². The van der Waals surface area contributed by atoms with Crippen molar-refractivity contribution in [2.24, 2.45) is 0 Å². The number of hydrogen-bond donors (Lipinski definition) is 0. The summed E-state index contributed by atoms with van der Waals surface area (Å²) in [4.78, 5) is 0. The smallest absolute Gasteiger partial charge is 0.169 e. The van der Waals surface area contributed by atoms with Crippen molar-refractivity contribution in [1.29, 1.82) is 0 Å². The molecule has 0 unspecified atom stereocenters. The number of pyridine rings is 1. The first kappa shape index (κ1) is 9.70. The zero-order valence-corrected chi connectivity index (χ0v) is 9.46. The van der Waals surface area contributed by atoms with E-state index in [1.54, 1.807) is 0 Å². The quantitative estimate of drug-likeness (QED) is 0.599. The van der Waals surface area contributed by atoms with E-state index in [1.165, 1.54) is 24.8 Å². The zero-order chi connectivity index (χ0) is 10.2. The van der Waals surface area contributed by atoms with Gasteiger partial charge in [0.15, 0.2) is 17.9 Å². The van der Waals surface area contributed by atoms with Gasteiger partial charge in [-0.3, -0.25) is 0 Å². The molecule has 0 aromatic carbocycles. The third-order valence-electron chi connectivity index (χ3n) is 3.21. The van der Waals surface area contributed by atoms with Crippen molar-refractivity contribution in [2.45, 2.75) is 51.5 Å². The summed E-state index contributed by atoms with van der Waals surface area (Å²) in [6, 6.07) is 4.57. The summed E-state index contributed by atoms with van der Waals surface area (Å²) in [6.45, 7) is 6.70. The van der Waals surface area contributed by atoms with Gasteiger partial charge in [0.2, 0.25) is 0 Å². The van der Waals surface area contributed by atoms with Crippen LogP contribution >= 0.6 is 0 Å². The van der Waals surface area contributed by atoms with E-state index in [4.69, 9.17) is 0 Å². The number of hydrogen-bond acceptors (Lipinski definition) is 0. The maximum absolute atomic E-state index is 2.29. The van der Waals surface area contributed by atoms with Gasteiger partial charge in [0.25, 0.3) is 0 Å². The normalized spacial score (nSPS) is 17.9. The number of rotatable bonds is 1. The second kappa shape index (κ2) is 3.38. The molecule has 2 rings (SSSR count). The van der Waals surface area contributed by atoms with Crippen molar-refractivity contribution in [3.63, 3.8) is 0 Å². The molecular formula is C13H20N+. The molecule has 0 bridgehead atoms. The van der Waals surface area contributed by atoms with Gasteiger partial charge in [-0.05, 0) is 24.3 Å². The van der Waals surface area contributed by atoms with Crippen LogP contribution in [-0.4, -0.2) is 0 Å². The van der Waals surface area contributed by atoms with E-state index < -0.39 is 0 Å². The summed E-state index contributed by atoms with van der Waals surface area (Å²) in [5.74, 6) is 0.851. The lowest BCUT2D eigenvalue weighted by atomic mass is 9.80. The Morgan fingerprint density at radius 3 is 2.07 bits per heavy atom. The van der Waals surface area contributed by atoms with Crippen LogP contribution in [0.2, 0.25) is 0 Å². The third kappa shape index (κ3) is 1.82. The molecule has 1 aliphatic rings. The summed E-state index contributed by atoms with van der Waals surface area (Å²) in [5, 5.41) is 0. The van der Waals surface area contributed by atoms with Crippen LogP contribution in [0.3, 0.4) is 0 Å². The lowest BCUT2D eigenvalue weighted by molar-refractivity contribution is -0.754. The molecule has 76 valence electrons. The molecule has 0 spiro atoms. The highest BCUT2D eigenvalue weighted by Gasteiger charge is 2.23. The van der Waals surface area contributed by atoms with Crippen LogP contribution in [0.25, 0.3) is 0 Å². The van der Waals surface area contributed by atoms with E-state index in [2.05, 4.69) is 49.9 Å². The maximum atomic E-state index is 2.29. The highest BCUT2D eigenvalue weighted by atomic mass is 15.0. The first-order chi connectivity index (χ1) is 6.57. The Bertz CT molecular complexity index is 301. The molecule has 0 saturated heterocycles. The molecule has 0 radical (unpaired) electrons. The SMILES string of the molecule is CC(C)(C)[n+]1ccc(C2CCC2)cc1. The molecule has 0 aliphatic heterocycles. The van der Waals surface area contributed by atoms with Crippen LogP contribution < -0.4 is 4.57 Å². The van der Waals surface area contributed by atoms with Gasteiger partial charge in [-0.1, -0.05) is 6.42 Å². The second-order valence-electron chi connectivity index (χ2n) is 5.34. The Morgan fingerprint density at radius 2 is 1.71 bits per heavy atom. The Kier molecular flexibility index (Phi) is 2.34. The molecular weight excluding hydrogens is 170 g/mol. The summed E-state index contributed by atoms with van der Waals surface area (Å²) in [7, 11) is 0. The van der Waals surface area contributed by atoms with Crippen molar-refractivity contribution in [1.82, 2.24) is 0 Å². The highest BCUT2D eigenvalue weighted by molar-refractivity contribution is 5.16. The average molecular weight is 190 g/mol. The molecule has 1 aromatic heterocycles.